The molecule has 0 aliphatic rings. The lowest BCUT2D eigenvalue weighted by Gasteiger charge is -2.11. The predicted molar refractivity (Wildman–Crippen MR) is 71.6 cm³/mol. The Bertz CT molecular complexity index is 396. The summed E-state index contributed by atoms with van der Waals surface area (Å²) in [7, 11) is 0. The van der Waals surface area contributed by atoms with Gasteiger partial charge in [0.05, 0.1) is 18.8 Å². The normalized spacial score (nSPS) is 10.3. The fraction of sp³-hybridized carbons (Fsp3) is 0.462. The van der Waals surface area contributed by atoms with Crippen LogP contribution < -0.4 is 4.74 Å². The standard InChI is InChI=1S/C13H16BrFO3/c14-6-1-2-8-18-12-4-3-11(13(16)17)9-10(12)5-7-15/h3-4,9H,1-2,5-8H2,(H,16,17). The van der Waals surface area contributed by atoms with Crippen LogP contribution >= 0.6 is 15.9 Å². The molecule has 0 aliphatic carbocycles. The van der Waals surface area contributed by atoms with Gasteiger partial charge in [-0.05, 0) is 36.6 Å². The summed E-state index contributed by atoms with van der Waals surface area (Å²) in [6.45, 7) is 0.0259. The summed E-state index contributed by atoms with van der Waals surface area (Å²) in [5, 5.41) is 9.80. The lowest BCUT2D eigenvalue weighted by molar-refractivity contribution is 0.0696. The Morgan fingerprint density at radius 2 is 2.17 bits per heavy atom. The Morgan fingerprint density at radius 1 is 1.39 bits per heavy atom. The minimum absolute atomic E-state index is 0.159. The van der Waals surface area contributed by atoms with E-state index in [2.05, 4.69) is 15.9 Å². The minimum Gasteiger partial charge on any atom is -0.493 e. The van der Waals surface area contributed by atoms with E-state index in [0.717, 1.165) is 18.2 Å². The highest BCUT2D eigenvalue weighted by Crippen LogP contribution is 2.21. The van der Waals surface area contributed by atoms with Crippen LogP contribution in [0.15, 0.2) is 18.2 Å². The monoisotopic (exact) mass is 318 g/mol. The summed E-state index contributed by atoms with van der Waals surface area (Å²) in [6, 6.07) is 4.55. The van der Waals surface area contributed by atoms with Crippen LogP contribution in [0.25, 0.3) is 0 Å². The summed E-state index contributed by atoms with van der Waals surface area (Å²) in [6.07, 6.45) is 2.08. The topological polar surface area (TPSA) is 46.5 Å². The number of aryl methyl sites for hydroxylation is 1. The summed E-state index contributed by atoms with van der Waals surface area (Å²) in [5.41, 5.74) is 0.766. The van der Waals surface area contributed by atoms with Gasteiger partial charge in [-0.3, -0.25) is 4.39 Å². The maximum atomic E-state index is 12.4. The summed E-state index contributed by atoms with van der Waals surface area (Å²) < 4.78 is 18.0. The molecule has 0 saturated heterocycles. The van der Waals surface area contributed by atoms with Gasteiger partial charge in [0.25, 0.3) is 0 Å². The molecular formula is C13H16BrFO3. The molecule has 0 amide bonds. The van der Waals surface area contributed by atoms with E-state index < -0.39 is 12.6 Å². The molecule has 5 heteroatoms. The lowest BCUT2D eigenvalue weighted by Crippen LogP contribution is -2.04. The zero-order valence-electron chi connectivity index (χ0n) is 9.99. The first-order chi connectivity index (χ1) is 8.69. The van der Waals surface area contributed by atoms with E-state index in [1.807, 2.05) is 0 Å². The van der Waals surface area contributed by atoms with Gasteiger partial charge < -0.3 is 9.84 Å². The molecule has 0 bridgehead atoms. The molecule has 1 N–H and O–H groups in total. The highest BCUT2D eigenvalue weighted by atomic mass is 79.9. The van der Waals surface area contributed by atoms with Gasteiger partial charge >= 0.3 is 5.97 Å². The van der Waals surface area contributed by atoms with Crippen molar-refractivity contribution in [1.82, 2.24) is 0 Å². The number of halogens is 2. The molecular weight excluding hydrogens is 303 g/mol. The van der Waals surface area contributed by atoms with Crippen LogP contribution in [0.4, 0.5) is 4.39 Å². The minimum atomic E-state index is -1.01. The number of carbonyl (C=O) groups is 1. The van der Waals surface area contributed by atoms with Gasteiger partial charge in [-0.25, -0.2) is 4.79 Å². The van der Waals surface area contributed by atoms with E-state index in [9.17, 15) is 9.18 Å². The molecule has 3 nitrogen and oxygen atoms in total. The Kier molecular flexibility index (Phi) is 6.72. The largest absolute Gasteiger partial charge is 0.493 e. The average Bonchev–Trinajstić information content (AvgIpc) is 2.36. The Labute approximate surface area is 114 Å². The second-order valence-electron chi connectivity index (χ2n) is 3.81. The van der Waals surface area contributed by atoms with Gasteiger partial charge in [-0.2, -0.15) is 0 Å². The molecule has 1 rings (SSSR count). The summed E-state index contributed by atoms with van der Waals surface area (Å²) in [5.74, 6) is -0.437. The third-order valence-electron chi connectivity index (χ3n) is 2.46. The first-order valence-electron chi connectivity index (χ1n) is 5.80. The molecule has 0 spiro atoms. The van der Waals surface area contributed by atoms with Crippen molar-refractivity contribution in [2.75, 3.05) is 18.6 Å². The number of hydrogen-bond donors (Lipinski definition) is 1. The highest BCUT2D eigenvalue weighted by Gasteiger charge is 2.09. The second-order valence-corrected chi connectivity index (χ2v) is 4.60. The SMILES string of the molecule is O=C(O)c1ccc(OCCCCBr)c(CCF)c1. The van der Waals surface area contributed by atoms with E-state index in [4.69, 9.17) is 9.84 Å². The van der Waals surface area contributed by atoms with Crippen LogP contribution in [0.3, 0.4) is 0 Å². The van der Waals surface area contributed by atoms with E-state index in [1.165, 1.54) is 12.1 Å². The van der Waals surface area contributed by atoms with Crippen LogP contribution in [0.2, 0.25) is 0 Å². The molecule has 18 heavy (non-hydrogen) atoms. The van der Waals surface area contributed by atoms with Crippen LogP contribution in [0, 0.1) is 0 Å². The number of ether oxygens (including phenoxy) is 1. The third kappa shape index (κ3) is 4.64. The van der Waals surface area contributed by atoms with Gasteiger partial charge in [0, 0.05) is 11.8 Å². The molecule has 0 aromatic heterocycles. The molecule has 1 aromatic carbocycles. The number of rotatable bonds is 8. The maximum absolute atomic E-state index is 12.4. The van der Waals surface area contributed by atoms with Crippen LogP contribution in [0.1, 0.15) is 28.8 Å². The second kappa shape index (κ2) is 8.08. The molecule has 0 radical (unpaired) electrons. The fourth-order valence-electron chi connectivity index (χ4n) is 1.53. The predicted octanol–water partition coefficient (Wildman–Crippen LogP) is 3.45. The average molecular weight is 319 g/mol. The Morgan fingerprint density at radius 3 is 2.78 bits per heavy atom. The molecule has 0 saturated carbocycles. The van der Waals surface area contributed by atoms with Crippen molar-refractivity contribution in [2.45, 2.75) is 19.3 Å². The van der Waals surface area contributed by atoms with Crippen molar-refractivity contribution in [2.24, 2.45) is 0 Å². The number of benzene rings is 1. The van der Waals surface area contributed by atoms with Crippen molar-refractivity contribution in [1.29, 1.82) is 0 Å². The van der Waals surface area contributed by atoms with Crippen molar-refractivity contribution in [3.63, 3.8) is 0 Å². The molecule has 0 heterocycles. The van der Waals surface area contributed by atoms with Crippen molar-refractivity contribution in [3.05, 3.63) is 29.3 Å². The third-order valence-corrected chi connectivity index (χ3v) is 3.02. The highest BCUT2D eigenvalue weighted by molar-refractivity contribution is 9.09. The molecule has 100 valence electrons. The summed E-state index contributed by atoms with van der Waals surface area (Å²) in [4.78, 5) is 10.8. The fourth-order valence-corrected chi connectivity index (χ4v) is 1.93. The number of alkyl halides is 2. The molecule has 0 atom stereocenters. The van der Waals surface area contributed by atoms with Gasteiger partial charge in [0.2, 0.25) is 0 Å². The Hall–Kier alpha value is -1.10. The van der Waals surface area contributed by atoms with Crippen LogP contribution in [0.5, 0.6) is 5.75 Å². The number of hydrogen-bond acceptors (Lipinski definition) is 2. The van der Waals surface area contributed by atoms with Crippen LogP contribution in [-0.4, -0.2) is 29.7 Å². The van der Waals surface area contributed by atoms with E-state index in [1.54, 1.807) is 6.07 Å². The quantitative estimate of drug-likeness (QED) is 0.590. The first-order valence-corrected chi connectivity index (χ1v) is 6.92. The Balaban J connectivity index is 2.73. The molecule has 1 aromatic rings. The van der Waals surface area contributed by atoms with Crippen molar-refractivity contribution in [3.8, 4) is 5.75 Å². The number of unbranched alkanes of at least 4 members (excludes halogenated alkanes) is 1. The zero-order chi connectivity index (χ0) is 13.4. The van der Waals surface area contributed by atoms with Gasteiger partial charge in [0.1, 0.15) is 5.75 Å². The molecule has 0 aliphatic heterocycles. The number of aromatic carboxylic acids is 1. The van der Waals surface area contributed by atoms with Crippen molar-refractivity contribution >= 4 is 21.9 Å². The van der Waals surface area contributed by atoms with E-state index >= 15 is 0 Å². The number of carboxylic acid groups (broad SMARTS) is 1. The van der Waals surface area contributed by atoms with Gasteiger partial charge in [0.15, 0.2) is 0 Å². The van der Waals surface area contributed by atoms with E-state index in [-0.39, 0.29) is 12.0 Å². The summed E-state index contributed by atoms with van der Waals surface area (Å²) >= 11 is 3.33. The van der Waals surface area contributed by atoms with Crippen LogP contribution in [-0.2, 0) is 6.42 Å². The molecule has 0 unspecified atom stereocenters. The van der Waals surface area contributed by atoms with Gasteiger partial charge in [-0.1, -0.05) is 15.9 Å². The maximum Gasteiger partial charge on any atom is 0.335 e. The molecule has 0 fully saturated rings. The smallest absolute Gasteiger partial charge is 0.335 e. The first kappa shape index (κ1) is 15.0. The number of carboxylic acids is 1. The van der Waals surface area contributed by atoms with Crippen molar-refractivity contribution < 1.29 is 19.0 Å². The van der Waals surface area contributed by atoms with Gasteiger partial charge in [-0.15, -0.1) is 0 Å². The van der Waals surface area contributed by atoms with E-state index in [0.29, 0.717) is 17.9 Å². The lowest BCUT2D eigenvalue weighted by atomic mass is 10.1. The zero-order valence-corrected chi connectivity index (χ0v) is 11.6.